The maximum Gasteiger partial charge on any atom is 0.241 e. The molecule has 5 rings (SSSR count). The van der Waals surface area contributed by atoms with Crippen LogP contribution in [-0.2, 0) is 27.7 Å². The fraction of sp³-hybridized carbons (Fsp3) is 0.250. The highest BCUT2D eigenvalue weighted by Gasteiger charge is 2.30. The van der Waals surface area contributed by atoms with Gasteiger partial charge in [-0.25, -0.2) is 13.1 Å². The van der Waals surface area contributed by atoms with Gasteiger partial charge in [-0.15, -0.1) is 23.1 Å². The second-order valence-corrected chi connectivity index (χ2v) is 12.9. The molecule has 3 N–H and O–H groups in total. The molecule has 3 heterocycles. The SMILES string of the molecule is CN1CCOc2cc(S(=O)(=O)N[C@@H](Cc3ccc(NS(=O)[O-])cc3)C3=CSC(c4cccs4)N3)ccc21. The van der Waals surface area contributed by atoms with E-state index in [0.717, 1.165) is 28.4 Å². The van der Waals surface area contributed by atoms with Gasteiger partial charge in [0.15, 0.2) is 0 Å². The standard InChI is InChI=1S/C24H26N4O5S4/c1-28-10-11-33-22-14-18(8-9-21(22)28)37(31,32)27-19(13-16-4-6-17(7-5-16)26-36(29)30)20-15-35-24(25-20)23-3-2-12-34-23/h2-9,12,14-15,19,24-27H,10-11,13H2,1H3,(H,29,30)/p-1/t19-,24?/m0/s1. The van der Waals surface area contributed by atoms with E-state index in [1.165, 1.54) is 0 Å². The van der Waals surface area contributed by atoms with Crippen molar-refractivity contribution in [1.29, 1.82) is 0 Å². The van der Waals surface area contributed by atoms with E-state index in [1.54, 1.807) is 65.6 Å². The highest BCUT2D eigenvalue weighted by Crippen LogP contribution is 2.38. The normalized spacial score (nSPS) is 18.8. The van der Waals surface area contributed by atoms with Crippen LogP contribution in [0.2, 0.25) is 0 Å². The summed E-state index contributed by atoms with van der Waals surface area (Å²) in [5.41, 5.74) is 2.89. The smallest absolute Gasteiger partial charge is 0.241 e. The van der Waals surface area contributed by atoms with Crippen molar-refractivity contribution in [3.05, 3.63) is 81.5 Å². The summed E-state index contributed by atoms with van der Waals surface area (Å²) >= 11 is 0.814. The van der Waals surface area contributed by atoms with E-state index in [4.69, 9.17) is 4.74 Å². The second-order valence-electron chi connectivity index (χ2n) is 8.56. The van der Waals surface area contributed by atoms with E-state index < -0.39 is 27.3 Å². The monoisotopic (exact) mass is 577 g/mol. The molecule has 1 aromatic heterocycles. The number of hydrogen-bond acceptors (Lipinski definition) is 9. The third-order valence-corrected chi connectivity index (χ3v) is 10.0. The quantitative estimate of drug-likeness (QED) is 0.330. The Balaban J connectivity index is 1.39. The Morgan fingerprint density at radius 1 is 1.24 bits per heavy atom. The molecule has 3 atom stereocenters. The number of thiophene rings is 1. The van der Waals surface area contributed by atoms with Crippen LogP contribution in [0.4, 0.5) is 11.4 Å². The summed E-state index contributed by atoms with van der Waals surface area (Å²) in [4.78, 5) is 3.31. The molecule has 0 saturated carbocycles. The molecule has 0 saturated heterocycles. The van der Waals surface area contributed by atoms with E-state index in [2.05, 4.69) is 14.8 Å². The summed E-state index contributed by atoms with van der Waals surface area (Å²) in [5.74, 6) is 0.540. The summed E-state index contributed by atoms with van der Waals surface area (Å²) in [7, 11) is -1.95. The highest BCUT2D eigenvalue weighted by molar-refractivity contribution is 8.02. The van der Waals surface area contributed by atoms with E-state index in [1.807, 2.05) is 34.9 Å². The number of ether oxygens (including phenoxy) is 1. The van der Waals surface area contributed by atoms with Crippen molar-refractivity contribution in [1.82, 2.24) is 10.0 Å². The van der Waals surface area contributed by atoms with Crippen LogP contribution in [0, 0.1) is 0 Å². The largest absolute Gasteiger partial charge is 0.755 e. The number of benzene rings is 2. The molecule has 0 radical (unpaired) electrons. The number of anilines is 2. The van der Waals surface area contributed by atoms with Crippen LogP contribution < -0.4 is 24.4 Å². The Morgan fingerprint density at radius 2 is 2.05 bits per heavy atom. The summed E-state index contributed by atoms with van der Waals surface area (Å²) < 4.78 is 59.8. The fourth-order valence-electron chi connectivity index (χ4n) is 4.14. The molecule has 0 bridgehead atoms. The van der Waals surface area contributed by atoms with Gasteiger partial charge < -0.3 is 24.2 Å². The van der Waals surface area contributed by atoms with Crippen molar-refractivity contribution in [2.24, 2.45) is 0 Å². The molecule has 2 aromatic carbocycles. The first-order valence-corrected chi connectivity index (χ1v) is 15.8. The van der Waals surface area contributed by atoms with Gasteiger partial charge in [0, 0.05) is 40.6 Å². The molecule has 0 fully saturated rings. The zero-order chi connectivity index (χ0) is 26.0. The number of likely N-dealkylation sites (N-methyl/N-ethyl adjacent to an activating group) is 1. The van der Waals surface area contributed by atoms with Crippen molar-refractivity contribution in [3.8, 4) is 5.75 Å². The van der Waals surface area contributed by atoms with Crippen molar-refractivity contribution >= 4 is 55.8 Å². The Labute approximate surface area is 226 Å². The van der Waals surface area contributed by atoms with Gasteiger partial charge in [0.1, 0.15) is 17.7 Å². The number of nitrogens with zero attached hydrogens (tertiary/aromatic N) is 1. The molecule has 3 aromatic rings. The minimum absolute atomic E-state index is 0.00768. The third kappa shape index (κ3) is 6.13. The van der Waals surface area contributed by atoms with E-state index in [0.29, 0.717) is 24.5 Å². The first-order chi connectivity index (χ1) is 17.8. The molecular formula is C24H25N4O5S4-. The van der Waals surface area contributed by atoms with Crippen LogP contribution in [0.1, 0.15) is 15.8 Å². The first-order valence-electron chi connectivity index (χ1n) is 11.4. The lowest BCUT2D eigenvalue weighted by Gasteiger charge is -2.28. The van der Waals surface area contributed by atoms with Gasteiger partial charge in [0.2, 0.25) is 10.0 Å². The van der Waals surface area contributed by atoms with Crippen LogP contribution in [-0.4, -0.2) is 43.4 Å². The van der Waals surface area contributed by atoms with Gasteiger partial charge in [-0.2, -0.15) is 0 Å². The molecule has 2 unspecified atom stereocenters. The Bertz CT molecular complexity index is 1410. The summed E-state index contributed by atoms with van der Waals surface area (Å²) in [5, 5.41) is 7.44. The number of rotatable bonds is 9. The Hall–Kier alpha value is -2.55. The van der Waals surface area contributed by atoms with Gasteiger partial charge in [-0.3, -0.25) is 4.21 Å². The lowest BCUT2D eigenvalue weighted by Crippen LogP contribution is -2.41. The van der Waals surface area contributed by atoms with E-state index in [9.17, 15) is 17.2 Å². The summed E-state index contributed by atoms with van der Waals surface area (Å²) in [6, 6.07) is 15.2. The van der Waals surface area contributed by atoms with Gasteiger partial charge >= 0.3 is 0 Å². The van der Waals surface area contributed by atoms with Crippen LogP contribution in [0.3, 0.4) is 0 Å². The van der Waals surface area contributed by atoms with Crippen molar-refractivity contribution in [2.75, 3.05) is 29.8 Å². The fourth-order valence-corrected chi connectivity index (χ4v) is 7.62. The van der Waals surface area contributed by atoms with Gasteiger partial charge in [0.25, 0.3) is 0 Å². The number of sulfonamides is 1. The highest BCUT2D eigenvalue weighted by atomic mass is 32.2. The average Bonchev–Trinajstić information content (AvgIpc) is 3.57. The number of nitrogens with one attached hydrogen (secondary N) is 3. The van der Waals surface area contributed by atoms with Crippen molar-refractivity contribution in [2.45, 2.75) is 22.7 Å². The van der Waals surface area contributed by atoms with E-state index >= 15 is 0 Å². The predicted octanol–water partition coefficient (Wildman–Crippen LogP) is 3.55. The van der Waals surface area contributed by atoms with E-state index in [-0.39, 0.29) is 10.3 Å². The number of thioether (sulfide) groups is 1. The zero-order valence-electron chi connectivity index (χ0n) is 19.7. The molecule has 9 nitrogen and oxygen atoms in total. The van der Waals surface area contributed by atoms with Crippen LogP contribution >= 0.6 is 23.1 Å². The first kappa shape index (κ1) is 26.1. The zero-order valence-corrected chi connectivity index (χ0v) is 23.0. The van der Waals surface area contributed by atoms with Gasteiger partial charge in [-0.1, -0.05) is 18.2 Å². The molecule has 13 heteroatoms. The van der Waals surface area contributed by atoms with Crippen LogP contribution in [0.25, 0.3) is 0 Å². The maximum absolute atomic E-state index is 13.5. The molecule has 2 aliphatic heterocycles. The maximum atomic E-state index is 13.5. The molecule has 196 valence electrons. The molecule has 0 aliphatic carbocycles. The Kier molecular flexibility index (Phi) is 7.79. The van der Waals surface area contributed by atoms with Gasteiger partial charge in [0.05, 0.1) is 23.2 Å². The average molecular weight is 578 g/mol. The minimum Gasteiger partial charge on any atom is -0.755 e. The van der Waals surface area contributed by atoms with Crippen LogP contribution in [0.15, 0.2) is 76.0 Å². The summed E-state index contributed by atoms with van der Waals surface area (Å²) in [6.07, 6.45) is 0.362. The van der Waals surface area contributed by atoms with Crippen LogP contribution in [0.5, 0.6) is 5.75 Å². The van der Waals surface area contributed by atoms with Gasteiger partial charge in [-0.05, 0) is 53.1 Å². The molecule has 0 amide bonds. The molecular weight excluding hydrogens is 553 g/mol. The number of hydrogen-bond donors (Lipinski definition) is 3. The van der Waals surface area contributed by atoms with Crippen molar-refractivity contribution < 1.29 is 21.9 Å². The molecule has 0 spiro atoms. The lowest BCUT2D eigenvalue weighted by molar-refractivity contribution is 0.310. The number of fused-ring (bicyclic) bond motifs is 1. The molecule has 37 heavy (non-hydrogen) atoms. The third-order valence-electron chi connectivity index (χ3n) is 6.04. The lowest BCUT2D eigenvalue weighted by atomic mass is 10.0. The predicted molar refractivity (Wildman–Crippen MR) is 148 cm³/mol. The topological polar surface area (TPSA) is 123 Å². The van der Waals surface area contributed by atoms with Crippen molar-refractivity contribution in [3.63, 3.8) is 0 Å². The minimum atomic E-state index is -3.89. The Morgan fingerprint density at radius 3 is 2.78 bits per heavy atom. The summed E-state index contributed by atoms with van der Waals surface area (Å²) in [6.45, 7) is 1.23. The molecule has 2 aliphatic rings. The second kappa shape index (κ2) is 11.1.